The predicted octanol–water partition coefficient (Wildman–Crippen LogP) is 2.40. The normalized spacial score (nSPS) is 15.5. The van der Waals surface area contributed by atoms with Crippen molar-refractivity contribution in [1.82, 2.24) is 4.90 Å². The molecule has 2 rings (SSSR count). The van der Waals surface area contributed by atoms with Crippen LogP contribution in [0.4, 0.5) is 5.69 Å². The number of nitrogens with zero attached hydrogens (tertiary/aromatic N) is 4. The summed E-state index contributed by atoms with van der Waals surface area (Å²) in [6.07, 6.45) is 1.79. The van der Waals surface area contributed by atoms with E-state index in [0.717, 1.165) is 24.1 Å². The van der Waals surface area contributed by atoms with Gasteiger partial charge < -0.3 is 0 Å². The third kappa shape index (κ3) is 3.77. The van der Waals surface area contributed by atoms with Crippen molar-refractivity contribution in [3.63, 3.8) is 0 Å². The first-order valence-corrected chi connectivity index (χ1v) is 6.89. The number of hydrogen-bond acceptors (Lipinski definition) is 5. The zero-order valence-corrected chi connectivity index (χ0v) is 11.7. The van der Waals surface area contributed by atoms with Crippen LogP contribution in [0.1, 0.15) is 24.0 Å². The first-order valence-electron chi connectivity index (χ1n) is 6.89. The summed E-state index contributed by atoms with van der Waals surface area (Å²) in [5.74, 6) is -0.162. The van der Waals surface area contributed by atoms with Gasteiger partial charge in [-0.3, -0.25) is 15.0 Å². The van der Waals surface area contributed by atoms with E-state index in [2.05, 4.69) is 17.0 Å². The third-order valence-electron chi connectivity index (χ3n) is 3.76. The minimum absolute atomic E-state index is 0.108. The average Bonchev–Trinajstić information content (AvgIpc) is 2.50. The fourth-order valence-electron chi connectivity index (χ4n) is 2.62. The van der Waals surface area contributed by atoms with Crippen LogP contribution in [0.2, 0.25) is 0 Å². The fraction of sp³-hybridized carbons (Fsp3) is 0.467. The standard InChI is InChI=1S/C15H16N4O2/c16-6-1-2-12(9-17)10-18-7-5-13-3-4-15(19(20)21)8-14(13)11-18/h3-4,8,12H,1-2,5,7,10-11H2/t12-/m0/s1. The molecule has 0 saturated carbocycles. The van der Waals surface area contributed by atoms with E-state index in [-0.39, 0.29) is 16.5 Å². The fourth-order valence-corrected chi connectivity index (χ4v) is 2.62. The van der Waals surface area contributed by atoms with Gasteiger partial charge >= 0.3 is 0 Å². The van der Waals surface area contributed by atoms with Crippen molar-refractivity contribution < 1.29 is 4.92 Å². The zero-order chi connectivity index (χ0) is 15.2. The Morgan fingerprint density at radius 3 is 2.86 bits per heavy atom. The average molecular weight is 284 g/mol. The molecule has 1 atom stereocenters. The Kier molecular flexibility index (Phi) is 4.86. The van der Waals surface area contributed by atoms with Crippen molar-refractivity contribution in [3.8, 4) is 12.1 Å². The van der Waals surface area contributed by atoms with E-state index in [0.29, 0.717) is 25.9 Å². The lowest BCUT2D eigenvalue weighted by Gasteiger charge is -2.29. The van der Waals surface area contributed by atoms with Gasteiger partial charge in [0.2, 0.25) is 0 Å². The van der Waals surface area contributed by atoms with Crippen LogP contribution >= 0.6 is 0 Å². The highest BCUT2D eigenvalue weighted by molar-refractivity contribution is 5.41. The highest BCUT2D eigenvalue weighted by Crippen LogP contribution is 2.24. The largest absolute Gasteiger partial charge is 0.297 e. The molecule has 0 spiro atoms. The van der Waals surface area contributed by atoms with Gasteiger partial charge in [0.25, 0.3) is 5.69 Å². The van der Waals surface area contributed by atoms with Crippen molar-refractivity contribution >= 4 is 5.69 Å². The topological polar surface area (TPSA) is 94.0 Å². The van der Waals surface area contributed by atoms with E-state index in [1.807, 2.05) is 6.07 Å². The Labute approximate surface area is 123 Å². The smallest absolute Gasteiger partial charge is 0.269 e. The first-order chi connectivity index (χ1) is 10.1. The summed E-state index contributed by atoms with van der Waals surface area (Å²) in [6, 6.07) is 9.28. The predicted molar refractivity (Wildman–Crippen MR) is 76.0 cm³/mol. The van der Waals surface area contributed by atoms with Crippen LogP contribution in [0.5, 0.6) is 0 Å². The van der Waals surface area contributed by atoms with Gasteiger partial charge in [0.15, 0.2) is 0 Å². The van der Waals surface area contributed by atoms with Gasteiger partial charge in [-0.2, -0.15) is 10.5 Å². The van der Waals surface area contributed by atoms with Crippen LogP contribution in [0, 0.1) is 38.7 Å². The second kappa shape index (κ2) is 6.83. The minimum Gasteiger partial charge on any atom is -0.297 e. The molecule has 0 aliphatic carbocycles. The Balaban J connectivity index is 2.04. The van der Waals surface area contributed by atoms with Gasteiger partial charge in [-0.05, 0) is 24.0 Å². The number of fused-ring (bicyclic) bond motifs is 1. The molecule has 1 aromatic carbocycles. The van der Waals surface area contributed by atoms with Gasteiger partial charge in [0, 0.05) is 38.2 Å². The number of rotatable bonds is 5. The molecule has 0 aromatic heterocycles. The second-order valence-corrected chi connectivity index (χ2v) is 5.22. The first kappa shape index (κ1) is 15.0. The Morgan fingerprint density at radius 2 is 2.19 bits per heavy atom. The summed E-state index contributed by atoms with van der Waals surface area (Å²) in [4.78, 5) is 12.6. The van der Waals surface area contributed by atoms with E-state index in [9.17, 15) is 10.1 Å². The molecule has 0 unspecified atom stereocenters. The van der Waals surface area contributed by atoms with Crippen LogP contribution in [0.15, 0.2) is 18.2 Å². The summed E-state index contributed by atoms with van der Waals surface area (Å²) in [5.41, 5.74) is 2.21. The van der Waals surface area contributed by atoms with E-state index in [1.54, 1.807) is 12.1 Å². The van der Waals surface area contributed by atoms with Gasteiger partial charge in [-0.15, -0.1) is 0 Å². The van der Waals surface area contributed by atoms with E-state index < -0.39 is 0 Å². The molecule has 1 aliphatic heterocycles. The molecule has 1 aromatic rings. The summed E-state index contributed by atoms with van der Waals surface area (Å²) in [7, 11) is 0. The molecule has 0 fully saturated rings. The van der Waals surface area contributed by atoms with Crippen molar-refractivity contribution in [1.29, 1.82) is 10.5 Å². The maximum Gasteiger partial charge on any atom is 0.269 e. The molecule has 21 heavy (non-hydrogen) atoms. The van der Waals surface area contributed by atoms with Crippen LogP contribution < -0.4 is 0 Å². The number of nitriles is 2. The lowest BCUT2D eigenvalue weighted by molar-refractivity contribution is -0.385. The summed E-state index contributed by atoms with van der Waals surface area (Å²) >= 11 is 0. The summed E-state index contributed by atoms with van der Waals surface area (Å²) < 4.78 is 0. The molecule has 108 valence electrons. The Hall–Kier alpha value is -2.44. The molecule has 0 radical (unpaired) electrons. The Morgan fingerprint density at radius 1 is 1.38 bits per heavy atom. The second-order valence-electron chi connectivity index (χ2n) is 5.22. The Bertz CT molecular complexity index is 615. The summed E-state index contributed by atoms with van der Waals surface area (Å²) in [5, 5.41) is 28.5. The third-order valence-corrected chi connectivity index (χ3v) is 3.76. The quantitative estimate of drug-likeness (QED) is 0.611. The zero-order valence-electron chi connectivity index (χ0n) is 11.7. The highest BCUT2D eigenvalue weighted by Gasteiger charge is 2.21. The van der Waals surface area contributed by atoms with Crippen LogP contribution in [-0.4, -0.2) is 22.9 Å². The molecule has 0 bridgehead atoms. The van der Waals surface area contributed by atoms with Gasteiger partial charge in [-0.1, -0.05) is 6.07 Å². The highest BCUT2D eigenvalue weighted by atomic mass is 16.6. The van der Waals surface area contributed by atoms with E-state index in [4.69, 9.17) is 10.5 Å². The van der Waals surface area contributed by atoms with Crippen LogP contribution in [0.25, 0.3) is 0 Å². The number of benzene rings is 1. The van der Waals surface area contributed by atoms with Crippen LogP contribution in [0.3, 0.4) is 0 Å². The molecule has 1 heterocycles. The molecule has 0 N–H and O–H groups in total. The van der Waals surface area contributed by atoms with Crippen LogP contribution in [-0.2, 0) is 13.0 Å². The summed E-state index contributed by atoms with van der Waals surface area (Å²) in [6.45, 7) is 2.08. The number of hydrogen-bond donors (Lipinski definition) is 0. The number of nitro groups is 1. The minimum atomic E-state index is -0.385. The van der Waals surface area contributed by atoms with Crippen molar-refractivity contribution in [3.05, 3.63) is 39.4 Å². The number of non-ortho nitro benzene ring substituents is 1. The van der Waals surface area contributed by atoms with Crippen molar-refractivity contribution in [2.45, 2.75) is 25.8 Å². The van der Waals surface area contributed by atoms with Gasteiger partial charge in [-0.25, -0.2) is 0 Å². The SMILES string of the molecule is N#CCC[C@@H](C#N)CN1CCc2ccc([N+](=O)[O-])cc2C1. The molecule has 0 amide bonds. The maximum atomic E-state index is 10.8. The van der Waals surface area contributed by atoms with Crippen molar-refractivity contribution in [2.24, 2.45) is 5.92 Å². The molecule has 6 nitrogen and oxygen atoms in total. The van der Waals surface area contributed by atoms with E-state index in [1.165, 1.54) is 0 Å². The monoisotopic (exact) mass is 284 g/mol. The molecule has 0 saturated heterocycles. The van der Waals surface area contributed by atoms with Crippen molar-refractivity contribution in [2.75, 3.05) is 13.1 Å². The van der Waals surface area contributed by atoms with Gasteiger partial charge in [0.05, 0.1) is 23.0 Å². The lowest BCUT2D eigenvalue weighted by atomic mass is 9.97. The lowest BCUT2D eigenvalue weighted by Crippen LogP contribution is -2.34. The number of nitro benzene ring substituents is 1. The molecule has 1 aliphatic rings. The molecular weight excluding hydrogens is 268 g/mol. The molecular formula is C15H16N4O2. The van der Waals surface area contributed by atoms with E-state index >= 15 is 0 Å². The van der Waals surface area contributed by atoms with Gasteiger partial charge in [0.1, 0.15) is 0 Å². The molecule has 6 heteroatoms. The maximum absolute atomic E-state index is 10.8.